The van der Waals surface area contributed by atoms with Gasteiger partial charge >= 0.3 is 0 Å². The molecule has 0 atom stereocenters. The van der Waals surface area contributed by atoms with Crippen LogP contribution >= 0.6 is 15.9 Å². The Balaban J connectivity index is 2.13. The number of rotatable bonds is 4. The number of hydrogen-bond donors (Lipinski definition) is 0. The fraction of sp³-hybridized carbons (Fsp3) is 0.538. The highest BCUT2D eigenvalue weighted by Crippen LogP contribution is 2.25. The van der Waals surface area contributed by atoms with E-state index in [4.69, 9.17) is 4.74 Å². The topological polar surface area (TPSA) is 46.6 Å². The van der Waals surface area contributed by atoms with Crippen molar-refractivity contribution in [1.82, 2.24) is 4.31 Å². The van der Waals surface area contributed by atoms with E-state index >= 15 is 0 Å². The van der Waals surface area contributed by atoms with E-state index in [1.165, 1.54) is 4.31 Å². The molecule has 106 valence electrons. The van der Waals surface area contributed by atoms with Gasteiger partial charge in [0.15, 0.2) is 0 Å². The van der Waals surface area contributed by atoms with Crippen LogP contribution in [-0.4, -0.2) is 39.5 Å². The van der Waals surface area contributed by atoms with Crippen LogP contribution in [0.15, 0.2) is 33.6 Å². The maximum atomic E-state index is 12.5. The molecule has 1 aliphatic heterocycles. The summed E-state index contributed by atoms with van der Waals surface area (Å²) >= 11 is 3.30. The molecule has 2 rings (SSSR count). The fourth-order valence-electron chi connectivity index (χ4n) is 2.21. The van der Waals surface area contributed by atoms with Crippen LogP contribution in [0.2, 0.25) is 0 Å². The van der Waals surface area contributed by atoms with Gasteiger partial charge in [-0.05, 0) is 46.8 Å². The van der Waals surface area contributed by atoms with Crippen molar-refractivity contribution in [3.63, 3.8) is 0 Å². The Morgan fingerprint density at radius 3 is 2.58 bits per heavy atom. The molecule has 1 saturated heterocycles. The summed E-state index contributed by atoms with van der Waals surface area (Å²) in [5, 5.41) is 0. The molecule has 1 aromatic carbocycles. The van der Waals surface area contributed by atoms with Crippen molar-refractivity contribution >= 4 is 26.0 Å². The van der Waals surface area contributed by atoms with Crippen LogP contribution in [0.5, 0.6) is 0 Å². The molecule has 1 fully saturated rings. The van der Waals surface area contributed by atoms with E-state index in [9.17, 15) is 8.42 Å². The summed E-state index contributed by atoms with van der Waals surface area (Å²) in [6.45, 7) is 2.01. The Kier molecular flexibility index (Phi) is 5.00. The maximum absolute atomic E-state index is 12.5. The molecule has 4 nitrogen and oxygen atoms in total. The van der Waals surface area contributed by atoms with Crippen molar-refractivity contribution in [1.29, 1.82) is 0 Å². The summed E-state index contributed by atoms with van der Waals surface area (Å²) in [7, 11) is -1.78. The van der Waals surface area contributed by atoms with Crippen LogP contribution in [0.1, 0.15) is 12.8 Å². The number of ether oxygens (including phenoxy) is 1. The van der Waals surface area contributed by atoms with Crippen molar-refractivity contribution in [3.05, 3.63) is 28.7 Å². The molecular formula is C13H18BrNO3S. The lowest BCUT2D eigenvalue weighted by molar-refractivity contribution is 0.0620. The highest BCUT2D eigenvalue weighted by Gasteiger charge is 2.26. The third-order valence-electron chi connectivity index (χ3n) is 3.38. The van der Waals surface area contributed by atoms with Crippen molar-refractivity contribution < 1.29 is 13.2 Å². The Labute approximate surface area is 122 Å². The lowest BCUT2D eigenvalue weighted by Crippen LogP contribution is -2.34. The Hall–Kier alpha value is -0.430. The van der Waals surface area contributed by atoms with Gasteiger partial charge in [-0.25, -0.2) is 12.7 Å². The average molecular weight is 348 g/mol. The molecule has 0 spiro atoms. The molecule has 0 saturated carbocycles. The highest BCUT2D eigenvalue weighted by molar-refractivity contribution is 9.10. The van der Waals surface area contributed by atoms with Crippen LogP contribution in [0.4, 0.5) is 0 Å². The summed E-state index contributed by atoms with van der Waals surface area (Å²) in [5.41, 5.74) is 0. The second-order valence-corrected chi connectivity index (χ2v) is 7.64. The van der Waals surface area contributed by atoms with E-state index in [1.807, 2.05) is 6.07 Å². The molecule has 0 N–H and O–H groups in total. The third-order valence-corrected chi connectivity index (χ3v) is 6.22. The largest absolute Gasteiger partial charge is 0.381 e. The molecular weight excluding hydrogens is 330 g/mol. The molecule has 0 aliphatic carbocycles. The molecule has 0 aromatic heterocycles. The van der Waals surface area contributed by atoms with Crippen molar-refractivity contribution in [2.45, 2.75) is 17.7 Å². The van der Waals surface area contributed by atoms with Crippen molar-refractivity contribution in [3.8, 4) is 0 Å². The summed E-state index contributed by atoms with van der Waals surface area (Å²) in [6, 6.07) is 6.91. The minimum absolute atomic E-state index is 0.324. The monoisotopic (exact) mass is 347 g/mol. The van der Waals surface area contributed by atoms with E-state index in [0.717, 1.165) is 26.1 Å². The third kappa shape index (κ3) is 3.56. The first-order chi connectivity index (χ1) is 9.01. The van der Waals surface area contributed by atoms with Gasteiger partial charge in [0.2, 0.25) is 10.0 Å². The minimum atomic E-state index is -3.42. The molecule has 1 aliphatic rings. The molecule has 1 heterocycles. The van der Waals surface area contributed by atoms with Crippen LogP contribution in [-0.2, 0) is 14.8 Å². The molecule has 0 radical (unpaired) electrons. The number of hydrogen-bond acceptors (Lipinski definition) is 3. The van der Waals surface area contributed by atoms with Gasteiger partial charge < -0.3 is 4.74 Å². The zero-order valence-corrected chi connectivity index (χ0v) is 13.3. The lowest BCUT2D eigenvalue weighted by atomic mass is 10.0. The van der Waals surface area contributed by atoms with E-state index in [2.05, 4.69) is 15.9 Å². The summed E-state index contributed by atoms with van der Waals surface area (Å²) in [4.78, 5) is 0.324. The molecule has 1 aromatic rings. The normalized spacial score (nSPS) is 17.8. The zero-order valence-electron chi connectivity index (χ0n) is 10.9. The van der Waals surface area contributed by atoms with Crippen molar-refractivity contribution in [2.75, 3.05) is 26.8 Å². The minimum Gasteiger partial charge on any atom is -0.381 e. The SMILES string of the molecule is CN(CC1CCOCC1)S(=O)(=O)c1ccccc1Br. The first kappa shape index (κ1) is 15.0. The van der Waals surface area contributed by atoms with Gasteiger partial charge in [0.25, 0.3) is 0 Å². The van der Waals surface area contributed by atoms with Gasteiger partial charge in [0.1, 0.15) is 0 Å². The van der Waals surface area contributed by atoms with Gasteiger partial charge in [0, 0.05) is 31.3 Å². The van der Waals surface area contributed by atoms with E-state index < -0.39 is 10.0 Å². The first-order valence-corrected chi connectivity index (χ1v) is 8.53. The predicted molar refractivity (Wildman–Crippen MR) is 77.5 cm³/mol. The average Bonchev–Trinajstić information content (AvgIpc) is 2.40. The zero-order chi connectivity index (χ0) is 13.9. The smallest absolute Gasteiger partial charge is 0.243 e. The highest BCUT2D eigenvalue weighted by atomic mass is 79.9. The van der Waals surface area contributed by atoms with Gasteiger partial charge in [-0.15, -0.1) is 0 Å². The summed E-state index contributed by atoms with van der Waals surface area (Å²) < 4.78 is 32.3. The van der Waals surface area contributed by atoms with Gasteiger partial charge in [-0.2, -0.15) is 0 Å². The van der Waals surface area contributed by atoms with Crippen LogP contribution < -0.4 is 0 Å². The number of halogens is 1. The first-order valence-electron chi connectivity index (χ1n) is 6.30. The van der Waals surface area contributed by atoms with Crippen LogP contribution in [0, 0.1) is 5.92 Å². The van der Waals surface area contributed by atoms with Gasteiger partial charge in [-0.3, -0.25) is 0 Å². The van der Waals surface area contributed by atoms with Crippen molar-refractivity contribution in [2.24, 2.45) is 5.92 Å². The molecule has 6 heteroatoms. The molecule has 19 heavy (non-hydrogen) atoms. The van der Waals surface area contributed by atoms with Gasteiger partial charge in [0.05, 0.1) is 4.90 Å². The Bertz CT molecular complexity index is 526. The molecule has 0 bridgehead atoms. The van der Waals surface area contributed by atoms with E-state index in [0.29, 0.717) is 21.8 Å². The predicted octanol–water partition coefficient (Wildman–Crippen LogP) is 2.50. The summed E-state index contributed by atoms with van der Waals surface area (Å²) in [5.74, 6) is 0.385. The quantitative estimate of drug-likeness (QED) is 0.840. The summed E-state index contributed by atoms with van der Waals surface area (Å²) in [6.07, 6.45) is 1.85. The Morgan fingerprint density at radius 2 is 1.95 bits per heavy atom. The standard InChI is InChI=1S/C13H18BrNO3S/c1-15(10-11-6-8-18-9-7-11)19(16,17)13-5-3-2-4-12(13)14/h2-5,11H,6-10H2,1H3. The number of sulfonamides is 1. The van der Waals surface area contributed by atoms with Gasteiger partial charge in [-0.1, -0.05) is 12.1 Å². The lowest BCUT2D eigenvalue weighted by Gasteiger charge is -2.27. The molecule has 0 amide bonds. The Morgan fingerprint density at radius 1 is 1.32 bits per heavy atom. The molecule has 0 unspecified atom stereocenters. The second kappa shape index (κ2) is 6.35. The number of nitrogens with zero attached hydrogens (tertiary/aromatic N) is 1. The fourth-order valence-corrected chi connectivity index (χ4v) is 4.42. The van der Waals surface area contributed by atoms with Crippen LogP contribution in [0.25, 0.3) is 0 Å². The maximum Gasteiger partial charge on any atom is 0.243 e. The van der Waals surface area contributed by atoms with E-state index in [-0.39, 0.29) is 0 Å². The second-order valence-electron chi connectivity index (χ2n) is 4.77. The van der Waals surface area contributed by atoms with Crippen LogP contribution in [0.3, 0.4) is 0 Å². The number of benzene rings is 1. The van der Waals surface area contributed by atoms with E-state index in [1.54, 1.807) is 25.2 Å².